The van der Waals surface area contributed by atoms with Crippen molar-refractivity contribution in [3.8, 4) is 5.75 Å². The summed E-state index contributed by atoms with van der Waals surface area (Å²) in [6.45, 7) is 4.32. The van der Waals surface area contributed by atoms with E-state index in [4.69, 9.17) is 21.3 Å². The van der Waals surface area contributed by atoms with Crippen molar-refractivity contribution in [2.24, 2.45) is 0 Å². The second kappa shape index (κ2) is 9.68. The predicted molar refractivity (Wildman–Crippen MR) is 136 cm³/mol. The Labute approximate surface area is 207 Å². The van der Waals surface area contributed by atoms with Crippen LogP contribution in [0.4, 0.5) is 5.69 Å². The van der Waals surface area contributed by atoms with Crippen LogP contribution < -0.4 is 15.6 Å². The molecule has 3 heterocycles. The lowest BCUT2D eigenvalue weighted by Crippen LogP contribution is -2.34. The van der Waals surface area contributed by atoms with E-state index in [1.807, 2.05) is 6.92 Å². The van der Waals surface area contributed by atoms with Gasteiger partial charge in [0, 0.05) is 16.0 Å². The number of carbonyl (C=O) groups excluding carboxylic acids is 1. The molecule has 1 aromatic carbocycles. The van der Waals surface area contributed by atoms with Crippen LogP contribution in [-0.4, -0.2) is 40.6 Å². The number of nitrogens with zero attached hydrogens (tertiary/aromatic N) is 3. The summed E-state index contributed by atoms with van der Waals surface area (Å²) >= 11 is 7.86. The van der Waals surface area contributed by atoms with Crippen LogP contribution in [0.1, 0.15) is 47.5 Å². The normalized spacial score (nSPS) is 16.1. The Hall–Kier alpha value is -2.42. The molecular formula is C25H29ClN4O3S. The number of aryl methyl sites for hydroxylation is 3. The average molecular weight is 501 g/mol. The van der Waals surface area contributed by atoms with E-state index in [-0.39, 0.29) is 18.0 Å². The van der Waals surface area contributed by atoms with Gasteiger partial charge in [0.25, 0.3) is 5.56 Å². The third-order valence-electron chi connectivity index (χ3n) is 6.77. The number of methoxy groups -OCH3 is 1. The lowest BCUT2D eigenvalue weighted by molar-refractivity contribution is -0.116. The number of ether oxygens (including phenoxy) is 1. The fourth-order valence-corrected chi connectivity index (χ4v) is 6.39. The van der Waals surface area contributed by atoms with Gasteiger partial charge in [-0.2, -0.15) is 0 Å². The van der Waals surface area contributed by atoms with Crippen molar-refractivity contribution in [2.75, 3.05) is 25.5 Å². The van der Waals surface area contributed by atoms with Crippen molar-refractivity contribution in [2.45, 2.75) is 58.5 Å². The van der Waals surface area contributed by atoms with Crippen LogP contribution in [0.15, 0.2) is 16.9 Å². The zero-order chi connectivity index (χ0) is 23.8. The van der Waals surface area contributed by atoms with E-state index in [2.05, 4.69) is 10.2 Å². The standard InChI is InChI=1S/C25H29ClN4O3S/c1-15-11-18(19(33-2)12-17(15)26)27-22(31)14-30-21(13-29-9-5-6-10-29)28-24-23(25(30)32)16-7-3-4-8-20(16)34-24/h11-12H,3-10,13-14H2,1-2H3,(H,27,31). The molecule has 0 unspecified atom stereocenters. The highest BCUT2D eigenvalue weighted by atomic mass is 35.5. The molecule has 0 radical (unpaired) electrons. The van der Waals surface area contributed by atoms with Gasteiger partial charge >= 0.3 is 0 Å². The molecule has 1 fully saturated rings. The van der Waals surface area contributed by atoms with Crippen molar-refractivity contribution in [3.05, 3.63) is 49.3 Å². The molecular weight excluding hydrogens is 472 g/mol. The van der Waals surface area contributed by atoms with Gasteiger partial charge in [0.05, 0.1) is 24.7 Å². The molecule has 5 rings (SSSR count). The Bertz CT molecular complexity index is 1310. The van der Waals surface area contributed by atoms with Gasteiger partial charge in [-0.25, -0.2) is 4.98 Å². The topological polar surface area (TPSA) is 76.5 Å². The number of rotatable bonds is 6. The Kier molecular flexibility index (Phi) is 6.64. The number of thiophene rings is 1. The molecule has 0 saturated carbocycles. The number of amides is 1. The van der Waals surface area contributed by atoms with Gasteiger partial charge in [0.1, 0.15) is 22.9 Å². The number of anilines is 1. The van der Waals surface area contributed by atoms with Gasteiger partial charge in [-0.15, -0.1) is 11.3 Å². The van der Waals surface area contributed by atoms with Crippen LogP contribution in [0.5, 0.6) is 5.75 Å². The van der Waals surface area contributed by atoms with Gasteiger partial charge in [-0.05, 0) is 75.7 Å². The van der Waals surface area contributed by atoms with Crippen LogP contribution in [0, 0.1) is 6.92 Å². The molecule has 0 spiro atoms. The molecule has 0 atom stereocenters. The van der Waals surface area contributed by atoms with Gasteiger partial charge < -0.3 is 10.1 Å². The van der Waals surface area contributed by atoms with E-state index in [9.17, 15) is 9.59 Å². The number of halogens is 1. The zero-order valence-electron chi connectivity index (χ0n) is 19.6. The number of hydrogen-bond donors (Lipinski definition) is 1. The van der Waals surface area contributed by atoms with Crippen LogP contribution in [0.3, 0.4) is 0 Å². The molecule has 3 aromatic rings. The summed E-state index contributed by atoms with van der Waals surface area (Å²) in [5.41, 5.74) is 2.40. The summed E-state index contributed by atoms with van der Waals surface area (Å²) in [5.74, 6) is 0.844. The lowest BCUT2D eigenvalue weighted by atomic mass is 9.97. The maximum Gasteiger partial charge on any atom is 0.263 e. The predicted octanol–water partition coefficient (Wildman–Crippen LogP) is 4.54. The molecule has 34 heavy (non-hydrogen) atoms. The first-order valence-corrected chi connectivity index (χ1v) is 13.0. The fraction of sp³-hybridized carbons (Fsp3) is 0.480. The van der Waals surface area contributed by atoms with Crippen molar-refractivity contribution in [3.63, 3.8) is 0 Å². The molecule has 2 aliphatic rings. The molecule has 1 N–H and O–H groups in total. The highest BCUT2D eigenvalue weighted by Crippen LogP contribution is 2.34. The zero-order valence-corrected chi connectivity index (χ0v) is 21.2. The Morgan fingerprint density at radius 1 is 1.21 bits per heavy atom. The molecule has 9 heteroatoms. The summed E-state index contributed by atoms with van der Waals surface area (Å²) in [6.07, 6.45) is 6.45. The molecule has 1 aliphatic heterocycles. The number of carbonyl (C=O) groups is 1. The van der Waals surface area contributed by atoms with E-state index < -0.39 is 0 Å². The minimum atomic E-state index is -0.296. The second-order valence-electron chi connectivity index (χ2n) is 9.14. The summed E-state index contributed by atoms with van der Waals surface area (Å²) in [4.78, 5) is 36.3. The number of benzene rings is 1. The van der Waals surface area contributed by atoms with Gasteiger partial charge in [0.15, 0.2) is 0 Å². The van der Waals surface area contributed by atoms with E-state index in [1.54, 1.807) is 28.0 Å². The second-order valence-corrected chi connectivity index (χ2v) is 10.6. The summed E-state index contributed by atoms with van der Waals surface area (Å²) in [7, 11) is 1.53. The Balaban J connectivity index is 1.52. The Morgan fingerprint density at radius 3 is 2.74 bits per heavy atom. The van der Waals surface area contributed by atoms with Gasteiger partial charge in [-0.1, -0.05) is 11.6 Å². The van der Waals surface area contributed by atoms with Crippen LogP contribution in [0.2, 0.25) is 5.02 Å². The number of hydrogen-bond acceptors (Lipinski definition) is 6. The van der Waals surface area contributed by atoms with Crippen molar-refractivity contribution in [1.29, 1.82) is 0 Å². The molecule has 2 aromatic heterocycles. The molecule has 180 valence electrons. The molecule has 1 saturated heterocycles. The monoisotopic (exact) mass is 500 g/mol. The SMILES string of the molecule is COc1cc(Cl)c(C)cc1NC(=O)Cn1c(CN2CCCC2)nc2sc3c(c2c1=O)CCCC3. The van der Waals surface area contributed by atoms with Gasteiger partial charge in [0.2, 0.25) is 5.91 Å². The van der Waals surface area contributed by atoms with E-state index in [0.29, 0.717) is 34.2 Å². The third-order valence-corrected chi connectivity index (χ3v) is 8.37. The van der Waals surface area contributed by atoms with Gasteiger partial charge in [-0.3, -0.25) is 19.1 Å². The molecule has 7 nitrogen and oxygen atoms in total. The first kappa shape index (κ1) is 23.3. The van der Waals surface area contributed by atoms with E-state index in [1.165, 1.54) is 12.0 Å². The largest absolute Gasteiger partial charge is 0.495 e. The summed E-state index contributed by atoms with van der Waals surface area (Å²) in [6, 6.07) is 3.46. The van der Waals surface area contributed by atoms with E-state index in [0.717, 1.165) is 67.6 Å². The van der Waals surface area contributed by atoms with Crippen LogP contribution >= 0.6 is 22.9 Å². The third kappa shape index (κ3) is 4.46. The lowest BCUT2D eigenvalue weighted by Gasteiger charge is -2.19. The fourth-order valence-electron chi connectivity index (χ4n) is 4.97. The number of likely N-dealkylation sites (tertiary alicyclic amines) is 1. The highest BCUT2D eigenvalue weighted by molar-refractivity contribution is 7.18. The van der Waals surface area contributed by atoms with E-state index >= 15 is 0 Å². The molecule has 1 amide bonds. The summed E-state index contributed by atoms with van der Waals surface area (Å²) < 4.78 is 6.97. The van der Waals surface area contributed by atoms with Crippen LogP contribution in [-0.2, 0) is 30.7 Å². The highest BCUT2D eigenvalue weighted by Gasteiger charge is 2.24. The number of nitrogens with one attached hydrogen (secondary N) is 1. The number of aromatic nitrogens is 2. The minimum absolute atomic E-state index is 0.0968. The molecule has 0 bridgehead atoms. The van der Waals surface area contributed by atoms with Crippen molar-refractivity contribution in [1.82, 2.24) is 14.5 Å². The molecule has 1 aliphatic carbocycles. The maximum atomic E-state index is 13.8. The van der Waals surface area contributed by atoms with Crippen LogP contribution in [0.25, 0.3) is 10.2 Å². The first-order valence-electron chi connectivity index (χ1n) is 11.8. The first-order chi connectivity index (χ1) is 16.4. The number of fused-ring (bicyclic) bond motifs is 3. The maximum absolute atomic E-state index is 13.8. The van der Waals surface area contributed by atoms with Crippen molar-refractivity contribution < 1.29 is 9.53 Å². The quantitative estimate of drug-likeness (QED) is 0.537. The smallest absolute Gasteiger partial charge is 0.263 e. The van der Waals surface area contributed by atoms with Crippen molar-refractivity contribution >= 4 is 44.7 Å². The summed E-state index contributed by atoms with van der Waals surface area (Å²) in [5, 5.41) is 4.18. The minimum Gasteiger partial charge on any atom is -0.495 e. The average Bonchev–Trinajstić information content (AvgIpc) is 3.46. The Morgan fingerprint density at radius 2 is 1.97 bits per heavy atom.